The van der Waals surface area contributed by atoms with Crippen LogP contribution < -0.4 is 4.74 Å². The summed E-state index contributed by atoms with van der Waals surface area (Å²) in [5.41, 5.74) is 2.76. The van der Waals surface area contributed by atoms with E-state index in [2.05, 4.69) is 14.7 Å². The molecule has 0 fully saturated rings. The maximum atomic E-state index is 13.2. The Kier molecular flexibility index (Phi) is 5.07. The second-order valence-corrected chi connectivity index (χ2v) is 7.19. The Balaban J connectivity index is 1.65. The smallest absolute Gasteiger partial charge is 0.394 e. The largest absolute Gasteiger partial charge is 0.453 e. The van der Waals surface area contributed by atoms with Gasteiger partial charge in [-0.15, -0.1) is 0 Å². The van der Waals surface area contributed by atoms with Crippen LogP contribution in [0.2, 0.25) is 5.02 Å². The molecular weight excluding hydrogens is 417 g/mol. The standard InChI is InChI=1S/C22H16ClF3N2O2/c1-12-20(13-3-6-15(24)7-4-13)28-21(27-12)18-10-9-17(29-18)14-5-8-16(23)19(11-14)30-22(2,25)26/h3-11H,1-2H3,(H,27,28). The molecule has 1 N–H and O–H groups in total. The maximum absolute atomic E-state index is 13.2. The van der Waals surface area contributed by atoms with E-state index < -0.39 is 6.11 Å². The Morgan fingerprint density at radius 3 is 2.37 bits per heavy atom. The molecule has 0 aliphatic rings. The van der Waals surface area contributed by atoms with E-state index in [0.717, 1.165) is 11.3 Å². The lowest BCUT2D eigenvalue weighted by molar-refractivity contribution is -0.158. The van der Waals surface area contributed by atoms with Crippen molar-refractivity contribution >= 4 is 11.6 Å². The Morgan fingerprint density at radius 2 is 1.67 bits per heavy atom. The predicted molar refractivity (Wildman–Crippen MR) is 108 cm³/mol. The van der Waals surface area contributed by atoms with Gasteiger partial charge in [-0.1, -0.05) is 11.6 Å². The number of hydrogen-bond donors (Lipinski definition) is 1. The number of hydrogen-bond acceptors (Lipinski definition) is 3. The van der Waals surface area contributed by atoms with Gasteiger partial charge in [-0.05, 0) is 61.5 Å². The first-order valence-corrected chi connectivity index (χ1v) is 9.37. The van der Waals surface area contributed by atoms with Crippen molar-refractivity contribution in [2.75, 3.05) is 0 Å². The lowest BCUT2D eigenvalue weighted by Gasteiger charge is -2.14. The quantitative estimate of drug-likeness (QED) is 0.366. The molecule has 4 rings (SSSR count). The summed E-state index contributed by atoms with van der Waals surface area (Å²) < 4.78 is 50.1. The van der Waals surface area contributed by atoms with Crippen LogP contribution in [0.15, 0.2) is 59.0 Å². The second-order valence-electron chi connectivity index (χ2n) is 6.78. The fourth-order valence-corrected chi connectivity index (χ4v) is 3.17. The highest BCUT2D eigenvalue weighted by atomic mass is 35.5. The molecule has 0 saturated carbocycles. The zero-order chi connectivity index (χ0) is 21.5. The second kappa shape index (κ2) is 7.57. The molecule has 2 heterocycles. The lowest BCUT2D eigenvalue weighted by Crippen LogP contribution is -2.19. The summed E-state index contributed by atoms with van der Waals surface area (Å²) in [4.78, 5) is 7.70. The lowest BCUT2D eigenvalue weighted by atomic mass is 10.1. The number of nitrogens with zero attached hydrogens (tertiary/aromatic N) is 1. The van der Waals surface area contributed by atoms with Crippen LogP contribution in [0.25, 0.3) is 34.2 Å². The van der Waals surface area contributed by atoms with E-state index in [1.54, 1.807) is 30.3 Å². The number of aryl methyl sites for hydroxylation is 1. The first-order chi connectivity index (χ1) is 14.2. The number of H-pyrrole nitrogens is 1. The fourth-order valence-electron chi connectivity index (χ4n) is 3.01. The topological polar surface area (TPSA) is 51.0 Å². The van der Waals surface area contributed by atoms with Gasteiger partial charge in [0.2, 0.25) is 0 Å². The summed E-state index contributed by atoms with van der Waals surface area (Å²) in [7, 11) is 0. The molecule has 0 saturated heterocycles. The third-order valence-corrected chi connectivity index (χ3v) is 4.66. The average Bonchev–Trinajstić information content (AvgIpc) is 3.30. The van der Waals surface area contributed by atoms with Crippen LogP contribution in [0.1, 0.15) is 12.6 Å². The van der Waals surface area contributed by atoms with Gasteiger partial charge in [-0.2, -0.15) is 8.78 Å². The molecule has 30 heavy (non-hydrogen) atoms. The van der Waals surface area contributed by atoms with Crippen LogP contribution in [0.5, 0.6) is 5.75 Å². The Labute approximate surface area is 175 Å². The Bertz CT molecular complexity index is 1190. The molecule has 0 atom stereocenters. The molecule has 2 aromatic carbocycles. The minimum absolute atomic E-state index is 0.0673. The van der Waals surface area contributed by atoms with Crippen LogP contribution in [0, 0.1) is 12.7 Å². The minimum atomic E-state index is -3.36. The molecule has 8 heteroatoms. The van der Waals surface area contributed by atoms with Crippen molar-refractivity contribution in [3.63, 3.8) is 0 Å². The highest BCUT2D eigenvalue weighted by molar-refractivity contribution is 6.32. The van der Waals surface area contributed by atoms with Crippen LogP contribution in [-0.4, -0.2) is 16.1 Å². The summed E-state index contributed by atoms with van der Waals surface area (Å²) in [6.07, 6.45) is -3.36. The number of nitrogens with one attached hydrogen (secondary N) is 1. The highest BCUT2D eigenvalue weighted by Gasteiger charge is 2.25. The number of benzene rings is 2. The van der Waals surface area contributed by atoms with E-state index in [4.69, 9.17) is 16.0 Å². The van der Waals surface area contributed by atoms with Crippen LogP contribution in [0.4, 0.5) is 13.2 Å². The minimum Gasteiger partial charge on any atom is -0.453 e. The van der Waals surface area contributed by atoms with Crippen LogP contribution in [-0.2, 0) is 0 Å². The summed E-state index contributed by atoms with van der Waals surface area (Å²) >= 11 is 5.95. The molecule has 0 aliphatic carbocycles. The molecule has 0 aliphatic heterocycles. The van der Waals surface area contributed by atoms with Gasteiger partial charge < -0.3 is 14.1 Å². The van der Waals surface area contributed by atoms with E-state index in [1.807, 2.05) is 6.92 Å². The summed E-state index contributed by atoms with van der Waals surface area (Å²) in [5.74, 6) is 0.911. The molecule has 0 amide bonds. The average molecular weight is 433 g/mol. The summed E-state index contributed by atoms with van der Waals surface area (Å²) in [6.45, 7) is 2.49. The summed E-state index contributed by atoms with van der Waals surface area (Å²) in [5, 5.41) is 0.0673. The Hall–Kier alpha value is -3.19. The first kappa shape index (κ1) is 20.1. The molecule has 4 nitrogen and oxygen atoms in total. The molecule has 0 bridgehead atoms. The zero-order valence-corrected chi connectivity index (χ0v) is 16.7. The zero-order valence-electron chi connectivity index (χ0n) is 16.0. The third-order valence-electron chi connectivity index (χ3n) is 4.35. The fraction of sp³-hybridized carbons (Fsp3) is 0.136. The SMILES string of the molecule is Cc1[nH]c(-c2ccc(-c3ccc(Cl)c(OC(C)(F)F)c3)o2)nc1-c1ccc(F)cc1. The van der Waals surface area contributed by atoms with Gasteiger partial charge in [0.25, 0.3) is 0 Å². The van der Waals surface area contributed by atoms with Crippen LogP contribution >= 0.6 is 11.6 Å². The van der Waals surface area contributed by atoms with E-state index in [1.165, 1.54) is 24.3 Å². The number of imidazole rings is 1. The predicted octanol–water partition coefficient (Wildman–Crippen LogP) is 7.10. The van der Waals surface area contributed by atoms with Crippen LogP contribution in [0.3, 0.4) is 0 Å². The van der Waals surface area contributed by atoms with Gasteiger partial charge in [0.05, 0.1) is 10.7 Å². The number of rotatable bonds is 5. The molecule has 0 radical (unpaired) electrons. The number of furan rings is 1. The van der Waals surface area contributed by atoms with E-state index in [9.17, 15) is 13.2 Å². The van der Waals surface area contributed by atoms with Crippen molar-refractivity contribution in [2.24, 2.45) is 0 Å². The van der Waals surface area contributed by atoms with Crippen molar-refractivity contribution in [3.05, 3.63) is 71.1 Å². The molecular formula is C22H16ClF3N2O2. The molecule has 2 aromatic heterocycles. The van der Waals surface area contributed by atoms with Crippen molar-refractivity contribution in [2.45, 2.75) is 20.0 Å². The van der Waals surface area contributed by atoms with Gasteiger partial charge in [0, 0.05) is 23.7 Å². The maximum Gasteiger partial charge on any atom is 0.394 e. The number of halogens is 4. The van der Waals surface area contributed by atoms with Crippen molar-refractivity contribution in [3.8, 4) is 39.9 Å². The van der Waals surface area contributed by atoms with Crippen molar-refractivity contribution in [1.82, 2.24) is 9.97 Å². The van der Waals surface area contributed by atoms with E-state index in [-0.39, 0.29) is 16.6 Å². The number of ether oxygens (including phenoxy) is 1. The van der Waals surface area contributed by atoms with E-state index in [0.29, 0.717) is 35.5 Å². The van der Waals surface area contributed by atoms with Gasteiger partial charge in [0.1, 0.15) is 17.3 Å². The molecule has 154 valence electrons. The normalized spacial score (nSPS) is 11.7. The van der Waals surface area contributed by atoms with Crippen molar-refractivity contribution < 1.29 is 22.3 Å². The molecule has 4 aromatic rings. The monoisotopic (exact) mass is 432 g/mol. The molecule has 0 unspecified atom stereocenters. The number of alkyl halides is 2. The summed E-state index contributed by atoms with van der Waals surface area (Å²) in [6, 6.07) is 13.9. The van der Waals surface area contributed by atoms with Gasteiger partial charge in [0.15, 0.2) is 11.6 Å². The first-order valence-electron chi connectivity index (χ1n) is 8.99. The molecule has 0 spiro atoms. The van der Waals surface area contributed by atoms with Gasteiger partial charge in [-0.3, -0.25) is 0 Å². The van der Waals surface area contributed by atoms with Gasteiger partial charge in [-0.25, -0.2) is 9.37 Å². The number of aromatic amines is 1. The Morgan fingerprint density at radius 1 is 1.00 bits per heavy atom. The highest BCUT2D eigenvalue weighted by Crippen LogP contribution is 2.36. The number of aromatic nitrogens is 2. The van der Waals surface area contributed by atoms with Gasteiger partial charge >= 0.3 is 6.11 Å². The third kappa shape index (κ3) is 4.21. The van der Waals surface area contributed by atoms with E-state index >= 15 is 0 Å². The van der Waals surface area contributed by atoms with Crippen molar-refractivity contribution in [1.29, 1.82) is 0 Å².